The molecule has 0 spiro atoms. The average molecular weight is 332 g/mol. The molecule has 1 aromatic carbocycles. The minimum atomic E-state index is -0.431. The number of carbonyl (C=O) groups is 1. The Morgan fingerprint density at radius 1 is 1.38 bits per heavy atom. The lowest BCUT2D eigenvalue weighted by molar-refractivity contribution is -0.123. The van der Waals surface area contributed by atoms with Crippen LogP contribution in [-0.2, 0) is 23.1 Å². The topological polar surface area (TPSA) is 77.4 Å². The Bertz CT molecular complexity index is 657. The van der Waals surface area contributed by atoms with Crippen molar-refractivity contribution in [2.75, 3.05) is 27.4 Å². The quantitative estimate of drug-likeness (QED) is 0.671. The number of benzene rings is 1. The van der Waals surface area contributed by atoms with E-state index in [0.29, 0.717) is 19.8 Å². The maximum Gasteiger partial charge on any atom is 0.242 e. The molecular formula is C17H24N4O3. The van der Waals surface area contributed by atoms with Gasteiger partial charge in [0.15, 0.2) is 0 Å². The monoisotopic (exact) mass is 332 g/mol. The first-order chi connectivity index (χ1) is 11.6. The standard InChI is InChI=1S/C17H24N4O3/c1-18-16(14-11-20-21(2)12-14)17(22)19-10-13-5-4-6-15(9-13)24-8-7-23-3/h4-6,9,11-12,16,18H,7-8,10H2,1-3H3,(H,19,22). The van der Waals surface area contributed by atoms with Gasteiger partial charge >= 0.3 is 0 Å². The zero-order valence-corrected chi connectivity index (χ0v) is 14.3. The van der Waals surface area contributed by atoms with Gasteiger partial charge in [0, 0.05) is 32.5 Å². The Kier molecular flexibility index (Phi) is 6.77. The maximum absolute atomic E-state index is 12.4. The van der Waals surface area contributed by atoms with Crippen molar-refractivity contribution in [2.45, 2.75) is 12.6 Å². The van der Waals surface area contributed by atoms with Crippen molar-refractivity contribution in [3.63, 3.8) is 0 Å². The molecule has 1 atom stereocenters. The molecule has 130 valence electrons. The minimum Gasteiger partial charge on any atom is -0.491 e. The predicted octanol–water partition coefficient (Wildman–Crippen LogP) is 1.02. The van der Waals surface area contributed by atoms with E-state index in [1.54, 1.807) is 25.0 Å². The summed E-state index contributed by atoms with van der Waals surface area (Å²) in [6.45, 7) is 1.46. The lowest BCUT2D eigenvalue weighted by atomic mass is 10.1. The zero-order valence-electron chi connectivity index (χ0n) is 14.3. The van der Waals surface area contributed by atoms with Crippen molar-refractivity contribution in [1.29, 1.82) is 0 Å². The molecule has 0 bridgehead atoms. The van der Waals surface area contributed by atoms with E-state index >= 15 is 0 Å². The Labute approximate surface area is 142 Å². The van der Waals surface area contributed by atoms with Crippen LogP contribution in [0.5, 0.6) is 5.75 Å². The van der Waals surface area contributed by atoms with Gasteiger partial charge in [0.1, 0.15) is 18.4 Å². The molecule has 0 aliphatic rings. The van der Waals surface area contributed by atoms with Gasteiger partial charge < -0.3 is 20.1 Å². The van der Waals surface area contributed by atoms with Crippen molar-refractivity contribution < 1.29 is 14.3 Å². The second-order valence-corrected chi connectivity index (χ2v) is 5.38. The number of carbonyl (C=O) groups excluding carboxylic acids is 1. The van der Waals surface area contributed by atoms with E-state index in [1.165, 1.54) is 0 Å². The molecule has 1 amide bonds. The Hall–Kier alpha value is -2.38. The third kappa shape index (κ3) is 5.07. The molecule has 0 fully saturated rings. The number of ether oxygens (including phenoxy) is 2. The van der Waals surface area contributed by atoms with Gasteiger partial charge in [-0.3, -0.25) is 9.48 Å². The predicted molar refractivity (Wildman–Crippen MR) is 90.7 cm³/mol. The Morgan fingerprint density at radius 3 is 2.88 bits per heavy atom. The van der Waals surface area contributed by atoms with Crippen LogP contribution in [0.3, 0.4) is 0 Å². The molecule has 1 aromatic heterocycles. The van der Waals surface area contributed by atoms with E-state index in [4.69, 9.17) is 9.47 Å². The van der Waals surface area contributed by atoms with Crippen LogP contribution in [0.1, 0.15) is 17.2 Å². The summed E-state index contributed by atoms with van der Waals surface area (Å²) in [4.78, 5) is 12.4. The largest absolute Gasteiger partial charge is 0.491 e. The Balaban J connectivity index is 1.92. The van der Waals surface area contributed by atoms with Gasteiger partial charge in [-0.1, -0.05) is 12.1 Å². The lowest BCUT2D eigenvalue weighted by Gasteiger charge is -2.15. The molecule has 7 heteroatoms. The number of likely N-dealkylation sites (N-methyl/N-ethyl adjacent to an activating group) is 1. The lowest BCUT2D eigenvalue weighted by Crippen LogP contribution is -2.35. The highest BCUT2D eigenvalue weighted by Gasteiger charge is 2.19. The number of aryl methyl sites for hydroxylation is 1. The van der Waals surface area contributed by atoms with Gasteiger partial charge in [-0.2, -0.15) is 5.10 Å². The van der Waals surface area contributed by atoms with Crippen LogP contribution in [-0.4, -0.2) is 43.1 Å². The van der Waals surface area contributed by atoms with Gasteiger partial charge in [-0.15, -0.1) is 0 Å². The van der Waals surface area contributed by atoms with Gasteiger partial charge in [0.25, 0.3) is 0 Å². The van der Waals surface area contributed by atoms with E-state index in [2.05, 4.69) is 15.7 Å². The van der Waals surface area contributed by atoms with E-state index in [9.17, 15) is 4.79 Å². The SMILES string of the molecule is CNC(C(=O)NCc1cccc(OCCOC)c1)c1cnn(C)c1. The van der Waals surface area contributed by atoms with Crippen molar-refractivity contribution >= 4 is 5.91 Å². The highest BCUT2D eigenvalue weighted by Crippen LogP contribution is 2.14. The molecule has 2 N–H and O–H groups in total. The second-order valence-electron chi connectivity index (χ2n) is 5.38. The van der Waals surface area contributed by atoms with Crippen LogP contribution >= 0.6 is 0 Å². The highest BCUT2D eigenvalue weighted by molar-refractivity contribution is 5.83. The van der Waals surface area contributed by atoms with Crippen LogP contribution in [0, 0.1) is 0 Å². The number of amides is 1. The summed E-state index contributed by atoms with van der Waals surface area (Å²) >= 11 is 0. The fourth-order valence-electron chi connectivity index (χ4n) is 2.32. The van der Waals surface area contributed by atoms with Crippen LogP contribution in [0.2, 0.25) is 0 Å². The third-order valence-corrected chi connectivity index (χ3v) is 3.53. The summed E-state index contributed by atoms with van der Waals surface area (Å²) in [5.41, 5.74) is 1.80. The Morgan fingerprint density at radius 2 is 2.21 bits per heavy atom. The molecule has 0 saturated carbocycles. The number of methoxy groups -OCH3 is 1. The second kappa shape index (κ2) is 9.05. The summed E-state index contributed by atoms with van der Waals surface area (Å²) in [7, 11) is 5.21. The number of aromatic nitrogens is 2. The number of rotatable bonds is 9. The molecular weight excluding hydrogens is 308 g/mol. The van der Waals surface area contributed by atoms with Crippen LogP contribution < -0.4 is 15.4 Å². The number of nitrogens with zero attached hydrogens (tertiary/aromatic N) is 2. The van der Waals surface area contributed by atoms with E-state index < -0.39 is 6.04 Å². The molecule has 2 aromatic rings. The van der Waals surface area contributed by atoms with Gasteiger partial charge in [0.05, 0.1) is 12.8 Å². The van der Waals surface area contributed by atoms with Crippen LogP contribution in [0.4, 0.5) is 0 Å². The van der Waals surface area contributed by atoms with Gasteiger partial charge in [-0.05, 0) is 24.7 Å². The van der Waals surface area contributed by atoms with Gasteiger partial charge in [0.2, 0.25) is 5.91 Å². The maximum atomic E-state index is 12.4. The minimum absolute atomic E-state index is 0.101. The first-order valence-electron chi connectivity index (χ1n) is 7.78. The summed E-state index contributed by atoms with van der Waals surface area (Å²) in [6, 6.07) is 7.21. The first kappa shape index (κ1) is 18.0. The molecule has 0 radical (unpaired) electrons. The molecule has 7 nitrogen and oxygen atoms in total. The molecule has 24 heavy (non-hydrogen) atoms. The molecule has 0 aliphatic carbocycles. The van der Waals surface area contributed by atoms with E-state index in [-0.39, 0.29) is 5.91 Å². The number of hydrogen-bond donors (Lipinski definition) is 2. The summed E-state index contributed by atoms with van der Waals surface area (Å²) in [5.74, 6) is 0.660. The first-order valence-corrected chi connectivity index (χ1v) is 7.78. The fourth-order valence-corrected chi connectivity index (χ4v) is 2.32. The zero-order chi connectivity index (χ0) is 17.4. The molecule has 1 unspecified atom stereocenters. The third-order valence-electron chi connectivity index (χ3n) is 3.53. The van der Waals surface area contributed by atoms with Crippen molar-refractivity contribution in [3.8, 4) is 5.75 Å². The smallest absolute Gasteiger partial charge is 0.242 e. The van der Waals surface area contributed by atoms with Crippen LogP contribution in [0.25, 0.3) is 0 Å². The van der Waals surface area contributed by atoms with Gasteiger partial charge in [-0.25, -0.2) is 0 Å². The highest BCUT2D eigenvalue weighted by atomic mass is 16.5. The fraction of sp³-hybridized carbons (Fsp3) is 0.412. The molecule has 0 saturated heterocycles. The van der Waals surface area contributed by atoms with Crippen molar-refractivity contribution in [2.24, 2.45) is 7.05 Å². The van der Waals surface area contributed by atoms with Crippen molar-refractivity contribution in [1.82, 2.24) is 20.4 Å². The summed E-state index contributed by atoms with van der Waals surface area (Å²) in [5, 5.41) is 10.0. The summed E-state index contributed by atoms with van der Waals surface area (Å²) in [6.07, 6.45) is 3.51. The molecule has 2 rings (SSSR count). The summed E-state index contributed by atoms with van der Waals surface area (Å²) < 4.78 is 12.2. The molecule has 1 heterocycles. The number of hydrogen-bond acceptors (Lipinski definition) is 5. The van der Waals surface area contributed by atoms with Crippen LogP contribution in [0.15, 0.2) is 36.7 Å². The molecule has 0 aliphatic heterocycles. The van der Waals surface area contributed by atoms with Crippen molar-refractivity contribution in [3.05, 3.63) is 47.8 Å². The van der Waals surface area contributed by atoms with E-state index in [1.807, 2.05) is 37.5 Å². The number of nitrogens with one attached hydrogen (secondary N) is 2. The van der Waals surface area contributed by atoms with E-state index in [0.717, 1.165) is 16.9 Å². The average Bonchev–Trinajstić information content (AvgIpc) is 3.00. The normalized spacial score (nSPS) is 12.0.